The molecule has 4 N–H and O–H groups in total. The van der Waals surface area contributed by atoms with Gasteiger partial charge in [0.1, 0.15) is 0 Å². The number of aliphatic hydroxyl groups excluding tert-OH is 2. The molecule has 1 rings (SSSR count). The highest BCUT2D eigenvalue weighted by Gasteiger charge is 2.28. The summed E-state index contributed by atoms with van der Waals surface area (Å²) in [6.07, 6.45) is 3.14. The summed E-state index contributed by atoms with van der Waals surface area (Å²) in [7, 11) is 0. The fourth-order valence-electron chi connectivity index (χ4n) is 2.13. The normalized spacial score (nSPS) is 30.7. The van der Waals surface area contributed by atoms with Gasteiger partial charge in [-0.15, -0.1) is 0 Å². The van der Waals surface area contributed by atoms with Gasteiger partial charge in [-0.1, -0.05) is 6.42 Å². The van der Waals surface area contributed by atoms with E-state index in [0.717, 1.165) is 25.8 Å². The van der Waals surface area contributed by atoms with E-state index in [9.17, 15) is 0 Å². The van der Waals surface area contributed by atoms with Crippen LogP contribution in [0.4, 0.5) is 0 Å². The number of nitrogens with zero attached hydrogens (tertiary/aromatic N) is 1. The van der Waals surface area contributed by atoms with E-state index in [-0.39, 0.29) is 25.3 Å². The minimum Gasteiger partial charge on any atom is -0.395 e. The van der Waals surface area contributed by atoms with Crippen molar-refractivity contribution in [3.05, 3.63) is 0 Å². The van der Waals surface area contributed by atoms with Crippen molar-refractivity contribution in [2.75, 3.05) is 26.3 Å². The molecule has 1 aliphatic heterocycles. The maximum atomic E-state index is 9.14. The van der Waals surface area contributed by atoms with Crippen molar-refractivity contribution in [1.29, 1.82) is 0 Å². The molecule has 1 heterocycles. The van der Waals surface area contributed by atoms with Crippen LogP contribution >= 0.6 is 0 Å². The molecule has 0 bridgehead atoms. The van der Waals surface area contributed by atoms with Gasteiger partial charge < -0.3 is 15.9 Å². The lowest BCUT2D eigenvalue weighted by molar-refractivity contribution is 0.0205. The number of hydrogen-bond acceptors (Lipinski definition) is 4. The van der Waals surface area contributed by atoms with Crippen molar-refractivity contribution in [3.63, 3.8) is 0 Å². The number of likely N-dealkylation sites (tertiary alicyclic amines) is 1. The van der Waals surface area contributed by atoms with Crippen LogP contribution < -0.4 is 5.73 Å². The van der Waals surface area contributed by atoms with Gasteiger partial charge in [-0.3, -0.25) is 4.90 Å². The lowest BCUT2D eigenvalue weighted by Crippen LogP contribution is -2.51. The molecule has 0 aromatic carbocycles. The highest BCUT2D eigenvalue weighted by atomic mass is 16.3. The first-order valence-corrected chi connectivity index (χ1v) is 5.01. The van der Waals surface area contributed by atoms with Crippen LogP contribution in [0.15, 0.2) is 0 Å². The van der Waals surface area contributed by atoms with E-state index in [2.05, 4.69) is 4.90 Å². The lowest BCUT2D eigenvalue weighted by atomic mass is 9.96. The van der Waals surface area contributed by atoms with E-state index in [4.69, 9.17) is 15.9 Å². The van der Waals surface area contributed by atoms with Crippen LogP contribution in [0, 0.1) is 0 Å². The van der Waals surface area contributed by atoms with E-state index >= 15 is 0 Å². The van der Waals surface area contributed by atoms with Crippen molar-refractivity contribution in [3.8, 4) is 0 Å². The minimum atomic E-state index is 0.177. The van der Waals surface area contributed by atoms with Crippen LogP contribution in [0.25, 0.3) is 0 Å². The largest absolute Gasteiger partial charge is 0.395 e. The third-order valence-corrected chi connectivity index (χ3v) is 2.82. The number of hydrogen-bond donors (Lipinski definition) is 3. The van der Waals surface area contributed by atoms with Gasteiger partial charge in [0.15, 0.2) is 0 Å². The Morgan fingerprint density at radius 1 is 1.15 bits per heavy atom. The van der Waals surface area contributed by atoms with Crippen LogP contribution in [-0.2, 0) is 0 Å². The molecule has 78 valence electrons. The first-order chi connectivity index (χ1) is 6.33. The van der Waals surface area contributed by atoms with Crippen LogP contribution in [0.2, 0.25) is 0 Å². The summed E-state index contributed by atoms with van der Waals surface area (Å²) in [5.74, 6) is 0. The zero-order chi connectivity index (χ0) is 9.68. The third kappa shape index (κ3) is 2.64. The van der Waals surface area contributed by atoms with Gasteiger partial charge in [-0.2, -0.15) is 0 Å². The lowest BCUT2D eigenvalue weighted by Gasteiger charge is -2.40. The molecule has 2 unspecified atom stereocenters. The smallest absolute Gasteiger partial charge is 0.0587 e. The van der Waals surface area contributed by atoms with Gasteiger partial charge in [-0.25, -0.2) is 0 Å². The second-order valence-corrected chi connectivity index (χ2v) is 3.63. The van der Waals surface area contributed by atoms with Crippen molar-refractivity contribution in [2.24, 2.45) is 5.73 Å². The number of aliphatic hydroxyl groups is 2. The first kappa shape index (κ1) is 10.9. The van der Waals surface area contributed by atoms with Gasteiger partial charge in [-0.05, 0) is 12.8 Å². The number of nitrogens with two attached hydrogens (primary N) is 1. The summed E-state index contributed by atoms with van der Waals surface area (Å²) < 4.78 is 0. The maximum absolute atomic E-state index is 9.14. The Kier molecular flexibility index (Phi) is 4.66. The van der Waals surface area contributed by atoms with Crippen LogP contribution in [-0.4, -0.2) is 53.5 Å². The zero-order valence-corrected chi connectivity index (χ0v) is 8.02. The van der Waals surface area contributed by atoms with E-state index < -0.39 is 0 Å². The molecule has 13 heavy (non-hydrogen) atoms. The predicted octanol–water partition coefficient (Wildman–Crippen LogP) is -0.847. The molecule has 4 heteroatoms. The zero-order valence-electron chi connectivity index (χ0n) is 8.02. The van der Waals surface area contributed by atoms with E-state index in [0.29, 0.717) is 6.54 Å². The summed E-state index contributed by atoms with van der Waals surface area (Å²) in [6, 6.07) is 0.406. The Labute approximate surface area is 79.3 Å². The molecule has 0 amide bonds. The molecule has 2 atom stereocenters. The summed E-state index contributed by atoms with van der Waals surface area (Å²) in [6.45, 7) is 1.72. The van der Waals surface area contributed by atoms with Gasteiger partial charge in [0.25, 0.3) is 0 Å². The second-order valence-electron chi connectivity index (χ2n) is 3.63. The highest BCUT2D eigenvalue weighted by Crippen LogP contribution is 2.21. The summed E-state index contributed by atoms with van der Waals surface area (Å²) in [5.41, 5.74) is 5.49. The van der Waals surface area contributed by atoms with Gasteiger partial charge >= 0.3 is 0 Å². The van der Waals surface area contributed by atoms with Gasteiger partial charge in [0, 0.05) is 25.2 Å². The predicted molar refractivity (Wildman–Crippen MR) is 51.4 cm³/mol. The first-order valence-electron chi connectivity index (χ1n) is 5.01. The van der Waals surface area contributed by atoms with Gasteiger partial charge in [0.2, 0.25) is 0 Å². The van der Waals surface area contributed by atoms with Crippen LogP contribution in [0.1, 0.15) is 19.3 Å². The number of piperidine rings is 1. The molecule has 1 aliphatic rings. The van der Waals surface area contributed by atoms with Crippen molar-refractivity contribution in [2.45, 2.75) is 31.3 Å². The number of rotatable bonds is 4. The van der Waals surface area contributed by atoms with Crippen molar-refractivity contribution in [1.82, 2.24) is 4.90 Å². The molecule has 1 saturated heterocycles. The van der Waals surface area contributed by atoms with Crippen molar-refractivity contribution >= 4 is 0 Å². The Bertz CT molecular complexity index is 132. The molecular formula is C9H20N2O2. The Hall–Kier alpha value is -0.160. The van der Waals surface area contributed by atoms with E-state index in [1.165, 1.54) is 0 Å². The second kappa shape index (κ2) is 5.54. The molecule has 0 spiro atoms. The van der Waals surface area contributed by atoms with E-state index in [1.54, 1.807) is 0 Å². The fraction of sp³-hybridized carbons (Fsp3) is 1.00. The standard InChI is InChI=1S/C9H20N2O2/c10-4-5-11-8(6-12)2-1-3-9(11)7-13/h8-9,12-13H,1-7,10H2. The Morgan fingerprint density at radius 3 is 2.08 bits per heavy atom. The molecule has 0 radical (unpaired) electrons. The monoisotopic (exact) mass is 188 g/mol. The van der Waals surface area contributed by atoms with Crippen LogP contribution in [0.5, 0.6) is 0 Å². The average Bonchev–Trinajstić information content (AvgIpc) is 2.18. The average molecular weight is 188 g/mol. The SMILES string of the molecule is NCCN1C(CO)CCCC1CO. The minimum absolute atomic E-state index is 0.177. The molecule has 0 aliphatic carbocycles. The topological polar surface area (TPSA) is 69.7 Å². The fourth-order valence-corrected chi connectivity index (χ4v) is 2.13. The Morgan fingerprint density at radius 2 is 1.69 bits per heavy atom. The van der Waals surface area contributed by atoms with Crippen LogP contribution in [0.3, 0.4) is 0 Å². The van der Waals surface area contributed by atoms with Crippen molar-refractivity contribution < 1.29 is 10.2 Å². The summed E-state index contributed by atoms with van der Waals surface area (Å²) in [5, 5.41) is 18.3. The molecule has 0 aromatic rings. The molecule has 4 nitrogen and oxygen atoms in total. The summed E-state index contributed by atoms with van der Waals surface area (Å²) >= 11 is 0. The van der Waals surface area contributed by atoms with Gasteiger partial charge in [0.05, 0.1) is 13.2 Å². The highest BCUT2D eigenvalue weighted by molar-refractivity contribution is 4.83. The quantitative estimate of drug-likeness (QED) is 0.537. The molecule has 1 fully saturated rings. The molecule has 0 saturated carbocycles. The third-order valence-electron chi connectivity index (χ3n) is 2.82. The Balaban J connectivity index is 2.53. The molecular weight excluding hydrogens is 168 g/mol. The molecule has 0 aromatic heterocycles. The maximum Gasteiger partial charge on any atom is 0.0587 e. The van der Waals surface area contributed by atoms with E-state index in [1.807, 2.05) is 0 Å². The summed E-state index contributed by atoms with van der Waals surface area (Å²) in [4.78, 5) is 2.14.